The second-order valence-electron chi connectivity index (χ2n) is 6.80. The summed E-state index contributed by atoms with van der Waals surface area (Å²) in [5.74, 6) is -1.58. The first kappa shape index (κ1) is 18.1. The molecule has 0 spiro atoms. The Balaban J connectivity index is 1.97. The summed E-state index contributed by atoms with van der Waals surface area (Å²) < 4.78 is 0. The quantitative estimate of drug-likeness (QED) is 0.863. The summed E-state index contributed by atoms with van der Waals surface area (Å²) in [5, 5.41) is 14.7. The number of carboxylic acid groups (broad SMARTS) is 1. The number of hydrogen-bond donors (Lipinski definition) is 2. The zero-order chi connectivity index (χ0) is 17.9. The molecule has 1 amide bonds. The van der Waals surface area contributed by atoms with Crippen LogP contribution in [0.25, 0.3) is 0 Å². The van der Waals surface area contributed by atoms with E-state index >= 15 is 0 Å². The van der Waals surface area contributed by atoms with Crippen LogP contribution in [0.1, 0.15) is 49.9 Å². The number of aromatic nitrogens is 1. The van der Waals surface area contributed by atoms with Gasteiger partial charge in [0, 0.05) is 16.5 Å². The number of carbonyl (C=O) groups excluding carboxylic acids is 1. The molecule has 0 bridgehead atoms. The predicted molar refractivity (Wildman–Crippen MR) is 95.6 cm³/mol. The first-order valence-electron chi connectivity index (χ1n) is 7.74. The summed E-state index contributed by atoms with van der Waals surface area (Å²) in [7, 11) is 0. The Morgan fingerprint density at radius 3 is 2.38 bits per heavy atom. The minimum absolute atomic E-state index is 0.0178. The van der Waals surface area contributed by atoms with Crippen LogP contribution < -0.4 is 5.32 Å². The Labute approximate surface area is 145 Å². The summed E-state index contributed by atoms with van der Waals surface area (Å²) in [6.07, 6.45) is 0.222. The Hall–Kier alpha value is -2.21. The highest BCUT2D eigenvalue weighted by molar-refractivity contribution is 7.09. The fourth-order valence-electron chi connectivity index (χ4n) is 2.10. The summed E-state index contributed by atoms with van der Waals surface area (Å²) in [6, 6.07) is 6.87. The zero-order valence-electron chi connectivity index (χ0n) is 14.3. The lowest BCUT2D eigenvalue weighted by Crippen LogP contribution is -2.16. The molecule has 128 valence electrons. The van der Waals surface area contributed by atoms with Crippen LogP contribution in [0.3, 0.4) is 0 Å². The molecular formula is C18H22N2O3S. The molecule has 6 heteroatoms. The van der Waals surface area contributed by atoms with Crippen molar-refractivity contribution < 1.29 is 14.7 Å². The summed E-state index contributed by atoms with van der Waals surface area (Å²) in [5.41, 5.74) is 2.09. The van der Waals surface area contributed by atoms with E-state index in [-0.39, 0.29) is 17.7 Å². The van der Waals surface area contributed by atoms with Crippen LogP contribution in [0.2, 0.25) is 0 Å². The third-order valence-electron chi connectivity index (χ3n) is 3.60. The van der Waals surface area contributed by atoms with Crippen LogP contribution in [0, 0.1) is 0 Å². The summed E-state index contributed by atoms with van der Waals surface area (Å²) in [6.45, 7) is 7.91. The number of amides is 1. The number of nitrogens with one attached hydrogen (secondary N) is 1. The molecule has 2 aromatic rings. The molecule has 0 aliphatic rings. The second kappa shape index (κ2) is 7.13. The number of hydrogen-bond acceptors (Lipinski definition) is 4. The van der Waals surface area contributed by atoms with Crippen LogP contribution in [-0.4, -0.2) is 22.0 Å². The van der Waals surface area contributed by atoms with Gasteiger partial charge < -0.3 is 10.4 Å². The van der Waals surface area contributed by atoms with E-state index < -0.39 is 11.9 Å². The normalized spacial score (nSPS) is 12.7. The second-order valence-corrected chi connectivity index (χ2v) is 7.66. The summed E-state index contributed by atoms with van der Waals surface area (Å²) in [4.78, 5) is 27.6. The fourth-order valence-corrected chi connectivity index (χ4v) is 3.01. The maximum absolute atomic E-state index is 12.1. The van der Waals surface area contributed by atoms with Gasteiger partial charge in [0.25, 0.3) is 0 Å². The van der Waals surface area contributed by atoms with Gasteiger partial charge in [-0.3, -0.25) is 9.59 Å². The average Bonchev–Trinajstić information content (AvgIpc) is 2.95. The molecule has 0 aliphatic carbocycles. The third kappa shape index (κ3) is 4.64. The molecule has 1 unspecified atom stereocenters. The molecule has 2 N–H and O–H groups in total. The molecule has 1 heterocycles. The van der Waals surface area contributed by atoms with Crippen LogP contribution in [-0.2, 0) is 21.4 Å². The van der Waals surface area contributed by atoms with E-state index in [1.807, 2.05) is 5.38 Å². The first-order chi connectivity index (χ1) is 11.2. The van der Waals surface area contributed by atoms with Gasteiger partial charge in [0.2, 0.25) is 5.91 Å². The highest BCUT2D eigenvalue weighted by Gasteiger charge is 2.19. The van der Waals surface area contributed by atoms with Gasteiger partial charge in [0.15, 0.2) is 0 Å². The number of anilines is 1. The van der Waals surface area contributed by atoms with Crippen molar-refractivity contribution in [2.45, 2.75) is 45.4 Å². The minimum Gasteiger partial charge on any atom is -0.481 e. The van der Waals surface area contributed by atoms with E-state index in [0.29, 0.717) is 11.3 Å². The molecule has 2 rings (SSSR count). The van der Waals surface area contributed by atoms with Crippen LogP contribution in [0.4, 0.5) is 5.69 Å². The number of nitrogens with zero attached hydrogens (tertiary/aromatic N) is 1. The average molecular weight is 346 g/mol. The standard InChI is InChI=1S/C18H22N2O3S/c1-11(16(22)23)12-5-7-13(8-6-12)19-15(21)9-14-10-24-17(20-14)18(2,3)4/h5-8,10-11H,9H2,1-4H3,(H,19,21)(H,22,23). The molecule has 0 saturated carbocycles. The van der Waals surface area contributed by atoms with Crippen molar-refractivity contribution >= 4 is 28.9 Å². The number of carboxylic acids is 1. The number of carbonyl (C=O) groups is 2. The van der Waals surface area contributed by atoms with E-state index in [1.54, 1.807) is 42.5 Å². The maximum atomic E-state index is 12.1. The van der Waals surface area contributed by atoms with Gasteiger partial charge in [0.05, 0.1) is 23.0 Å². The van der Waals surface area contributed by atoms with E-state index in [1.165, 1.54) is 0 Å². The largest absolute Gasteiger partial charge is 0.481 e. The highest BCUT2D eigenvalue weighted by Crippen LogP contribution is 2.26. The van der Waals surface area contributed by atoms with Crippen molar-refractivity contribution in [3.05, 3.63) is 45.9 Å². The molecule has 1 aromatic heterocycles. The van der Waals surface area contributed by atoms with Crippen LogP contribution in [0.15, 0.2) is 29.6 Å². The highest BCUT2D eigenvalue weighted by atomic mass is 32.1. The molecule has 0 fully saturated rings. The van der Waals surface area contributed by atoms with Gasteiger partial charge in [-0.05, 0) is 24.6 Å². The van der Waals surface area contributed by atoms with Gasteiger partial charge in [-0.15, -0.1) is 11.3 Å². The molecule has 1 atom stereocenters. The zero-order valence-corrected chi connectivity index (χ0v) is 15.1. The molecule has 1 aromatic carbocycles. The van der Waals surface area contributed by atoms with E-state index in [0.717, 1.165) is 10.7 Å². The molecule has 0 saturated heterocycles. The van der Waals surface area contributed by atoms with E-state index in [9.17, 15) is 9.59 Å². The van der Waals surface area contributed by atoms with Gasteiger partial charge in [-0.1, -0.05) is 32.9 Å². The van der Waals surface area contributed by atoms with Crippen molar-refractivity contribution in [1.29, 1.82) is 0 Å². The monoisotopic (exact) mass is 346 g/mol. The SMILES string of the molecule is CC(C(=O)O)c1ccc(NC(=O)Cc2csc(C(C)(C)C)n2)cc1. The van der Waals surface area contributed by atoms with Crippen molar-refractivity contribution in [3.8, 4) is 0 Å². The van der Waals surface area contributed by atoms with Gasteiger partial charge in [-0.2, -0.15) is 0 Å². The number of aliphatic carboxylic acids is 1. The Morgan fingerprint density at radius 1 is 1.25 bits per heavy atom. The first-order valence-corrected chi connectivity index (χ1v) is 8.62. The summed E-state index contributed by atoms with van der Waals surface area (Å²) >= 11 is 1.57. The van der Waals surface area contributed by atoms with Gasteiger partial charge >= 0.3 is 5.97 Å². The lowest BCUT2D eigenvalue weighted by molar-refractivity contribution is -0.138. The van der Waals surface area contributed by atoms with Crippen molar-refractivity contribution in [3.63, 3.8) is 0 Å². The third-order valence-corrected chi connectivity index (χ3v) is 4.92. The van der Waals surface area contributed by atoms with E-state index in [4.69, 9.17) is 5.11 Å². The maximum Gasteiger partial charge on any atom is 0.310 e. The lowest BCUT2D eigenvalue weighted by Gasteiger charge is -2.13. The van der Waals surface area contributed by atoms with Gasteiger partial charge in [-0.25, -0.2) is 4.98 Å². The Morgan fingerprint density at radius 2 is 1.88 bits per heavy atom. The van der Waals surface area contributed by atoms with Crippen molar-refractivity contribution in [2.24, 2.45) is 0 Å². The number of benzene rings is 1. The van der Waals surface area contributed by atoms with Crippen LogP contribution >= 0.6 is 11.3 Å². The molecule has 24 heavy (non-hydrogen) atoms. The predicted octanol–water partition coefficient (Wildman–Crippen LogP) is 3.81. The number of thiazole rings is 1. The van der Waals surface area contributed by atoms with Crippen molar-refractivity contribution in [1.82, 2.24) is 4.98 Å². The fraction of sp³-hybridized carbons (Fsp3) is 0.389. The number of rotatable bonds is 5. The van der Waals surface area contributed by atoms with Gasteiger partial charge in [0.1, 0.15) is 0 Å². The molecule has 0 radical (unpaired) electrons. The minimum atomic E-state index is -0.870. The van der Waals surface area contributed by atoms with Crippen molar-refractivity contribution in [2.75, 3.05) is 5.32 Å². The van der Waals surface area contributed by atoms with Crippen LogP contribution in [0.5, 0.6) is 0 Å². The molecule has 5 nitrogen and oxygen atoms in total. The molecular weight excluding hydrogens is 324 g/mol. The van der Waals surface area contributed by atoms with E-state index in [2.05, 4.69) is 31.1 Å². The Kier molecular flexibility index (Phi) is 5.39. The topological polar surface area (TPSA) is 79.3 Å². The molecule has 0 aliphatic heterocycles. The smallest absolute Gasteiger partial charge is 0.310 e. The Bertz CT molecular complexity index is 729. The lowest BCUT2D eigenvalue weighted by atomic mass is 9.98.